The molecule has 1 aromatic heterocycles. The van der Waals surface area contributed by atoms with Gasteiger partial charge in [-0.25, -0.2) is 14.8 Å². The average Bonchev–Trinajstić information content (AvgIpc) is 3.61. The highest BCUT2D eigenvalue weighted by molar-refractivity contribution is 6.44. The second-order valence-electron chi connectivity index (χ2n) is 8.75. The number of likely N-dealkylation sites (tertiary alicyclic amines) is 1. The molecule has 2 fully saturated rings. The first-order chi connectivity index (χ1) is 14.8. The number of halogens is 2. The fourth-order valence-corrected chi connectivity index (χ4v) is 4.67. The summed E-state index contributed by atoms with van der Waals surface area (Å²) in [4.78, 5) is 25.8. The van der Waals surface area contributed by atoms with Crippen molar-refractivity contribution >= 4 is 29.2 Å². The molecule has 1 aliphatic heterocycles. The Bertz CT molecular complexity index is 940. The summed E-state index contributed by atoms with van der Waals surface area (Å²) in [6.45, 7) is 3.93. The lowest BCUT2D eigenvalue weighted by atomic mass is 10.0. The van der Waals surface area contributed by atoms with Crippen LogP contribution in [0, 0.1) is 0 Å². The molecule has 1 saturated carbocycles. The molecular weight excluding hydrogens is 433 g/mol. The number of hydrogen-bond acceptors (Lipinski definition) is 4. The number of carbonyl (C=O) groups is 1. The summed E-state index contributed by atoms with van der Waals surface area (Å²) in [6.07, 6.45) is 7.91. The molecule has 1 atom stereocenters. The van der Waals surface area contributed by atoms with E-state index in [1.165, 1.54) is 0 Å². The van der Waals surface area contributed by atoms with Crippen molar-refractivity contribution in [3.8, 4) is 11.1 Å². The lowest BCUT2D eigenvalue weighted by Crippen LogP contribution is -2.48. The standard InChI is InChI=1S/C23H29Cl2N5O/c1-14(28-23(31)30(3)17-8-10-29(2)11-9-17)18-6-7-19(21(25)20(18)24)16-12-26-22(27-13-16)15-4-5-15/h6-7,12-15,17H,4-5,8-11H2,1-3H3,(H,28,31). The number of urea groups is 1. The summed E-state index contributed by atoms with van der Waals surface area (Å²) >= 11 is 13.2. The van der Waals surface area contributed by atoms with E-state index in [0.29, 0.717) is 16.0 Å². The molecule has 1 aliphatic carbocycles. The van der Waals surface area contributed by atoms with E-state index in [-0.39, 0.29) is 18.1 Å². The first kappa shape index (κ1) is 22.3. The third-order valence-electron chi connectivity index (χ3n) is 6.40. The van der Waals surface area contributed by atoms with Gasteiger partial charge in [0.05, 0.1) is 16.1 Å². The van der Waals surface area contributed by atoms with Gasteiger partial charge in [-0.05, 0) is 58.3 Å². The molecule has 31 heavy (non-hydrogen) atoms. The van der Waals surface area contributed by atoms with Crippen molar-refractivity contribution in [1.29, 1.82) is 0 Å². The second kappa shape index (κ2) is 9.31. The molecule has 2 heterocycles. The van der Waals surface area contributed by atoms with Crippen LogP contribution in [0.4, 0.5) is 4.79 Å². The summed E-state index contributed by atoms with van der Waals surface area (Å²) in [6, 6.07) is 3.72. The molecule has 2 amide bonds. The van der Waals surface area contributed by atoms with Crippen LogP contribution in [0.2, 0.25) is 10.0 Å². The fraction of sp³-hybridized carbons (Fsp3) is 0.522. The van der Waals surface area contributed by atoms with E-state index in [1.54, 1.807) is 12.4 Å². The summed E-state index contributed by atoms with van der Waals surface area (Å²) < 4.78 is 0. The van der Waals surface area contributed by atoms with Gasteiger partial charge in [0.1, 0.15) is 5.82 Å². The van der Waals surface area contributed by atoms with Gasteiger partial charge in [-0.2, -0.15) is 0 Å². The Morgan fingerprint density at radius 3 is 2.39 bits per heavy atom. The van der Waals surface area contributed by atoms with Gasteiger partial charge in [0.25, 0.3) is 0 Å². The number of carbonyl (C=O) groups excluding carboxylic acids is 1. The van der Waals surface area contributed by atoms with Gasteiger partial charge < -0.3 is 15.1 Å². The number of nitrogens with zero attached hydrogens (tertiary/aromatic N) is 4. The van der Waals surface area contributed by atoms with E-state index in [1.807, 2.05) is 31.0 Å². The van der Waals surface area contributed by atoms with Crippen molar-refractivity contribution in [1.82, 2.24) is 25.1 Å². The van der Waals surface area contributed by atoms with Crippen molar-refractivity contribution in [2.45, 2.75) is 50.6 Å². The topological polar surface area (TPSA) is 61.4 Å². The van der Waals surface area contributed by atoms with Crippen LogP contribution in [0.15, 0.2) is 24.5 Å². The molecule has 1 saturated heterocycles. The van der Waals surface area contributed by atoms with Gasteiger partial charge in [-0.15, -0.1) is 0 Å². The molecular formula is C23H29Cl2N5O. The zero-order valence-electron chi connectivity index (χ0n) is 18.2. The number of hydrogen-bond donors (Lipinski definition) is 1. The van der Waals surface area contributed by atoms with Crippen LogP contribution in [-0.2, 0) is 0 Å². The number of piperidine rings is 1. The summed E-state index contributed by atoms with van der Waals surface area (Å²) in [5.41, 5.74) is 2.41. The first-order valence-electron chi connectivity index (χ1n) is 10.9. The third kappa shape index (κ3) is 4.97. The van der Waals surface area contributed by atoms with E-state index in [0.717, 1.165) is 61.3 Å². The maximum atomic E-state index is 12.8. The van der Waals surface area contributed by atoms with Gasteiger partial charge in [0.2, 0.25) is 0 Å². The van der Waals surface area contributed by atoms with Crippen LogP contribution >= 0.6 is 23.2 Å². The minimum Gasteiger partial charge on any atom is -0.331 e. The van der Waals surface area contributed by atoms with Gasteiger partial charge in [-0.3, -0.25) is 0 Å². The van der Waals surface area contributed by atoms with E-state index >= 15 is 0 Å². The second-order valence-corrected chi connectivity index (χ2v) is 9.51. The fourth-order valence-electron chi connectivity index (χ4n) is 4.06. The van der Waals surface area contributed by atoms with E-state index in [2.05, 4.69) is 27.2 Å². The quantitative estimate of drug-likeness (QED) is 0.670. The first-order valence-corrected chi connectivity index (χ1v) is 11.6. The van der Waals surface area contributed by atoms with Crippen molar-refractivity contribution < 1.29 is 4.79 Å². The Morgan fingerprint density at radius 1 is 1.13 bits per heavy atom. The highest BCUT2D eigenvalue weighted by Crippen LogP contribution is 2.40. The summed E-state index contributed by atoms with van der Waals surface area (Å²) in [5, 5.41) is 3.96. The van der Waals surface area contributed by atoms with E-state index in [9.17, 15) is 4.79 Å². The van der Waals surface area contributed by atoms with Crippen LogP contribution < -0.4 is 5.32 Å². The molecule has 2 aromatic rings. The summed E-state index contributed by atoms with van der Waals surface area (Å²) in [7, 11) is 3.97. The normalized spacial score (nSPS) is 18.6. The molecule has 6 nitrogen and oxygen atoms in total. The molecule has 0 radical (unpaired) electrons. The van der Waals surface area contributed by atoms with Crippen molar-refractivity contribution in [3.63, 3.8) is 0 Å². The monoisotopic (exact) mass is 461 g/mol. The van der Waals surface area contributed by atoms with E-state index in [4.69, 9.17) is 23.2 Å². The molecule has 8 heteroatoms. The number of nitrogens with one attached hydrogen (secondary N) is 1. The highest BCUT2D eigenvalue weighted by Gasteiger charge is 2.27. The maximum Gasteiger partial charge on any atom is 0.317 e. The molecule has 1 aromatic carbocycles. The number of benzene rings is 1. The highest BCUT2D eigenvalue weighted by atomic mass is 35.5. The van der Waals surface area contributed by atoms with Gasteiger partial charge in [0.15, 0.2) is 0 Å². The Morgan fingerprint density at radius 2 is 1.77 bits per heavy atom. The summed E-state index contributed by atoms with van der Waals surface area (Å²) in [5.74, 6) is 1.40. The van der Waals surface area contributed by atoms with Crippen molar-refractivity contribution in [3.05, 3.63) is 46.0 Å². The molecule has 0 bridgehead atoms. The smallest absolute Gasteiger partial charge is 0.317 e. The Labute approximate surface area is 193 Å². The van der Waals surface area contributed by atoms with Crippen LogP contribution in [0.3, 0.4) is 0 Å². The van der Waals surface area contributed by atoms with Crippen molar-refractivity contribution in [2.24, 2.45) is 0 Å². The molecule has 1 N–H and O–H groups in total. The molecule has 1 unspecified atom stereocenters. The molecule has 166 valence electrons. The SMILES string of the molecule is CC(NC(=O)N(C)C1CCN(C)CC1)c1ccc(-c2cnc(C3CC3)nc2)c(Cl)c1Cl. The predicted octanol–water partition coefficient (Wildman–Crippen LogP) is 5.12. The molecule has 0 spiro atoms. The van der Waals surface area contributed by atoms with Gasteiger partial charge >= 0.3 is 6.03 Å². The number of amides is 2. The van der Waals surface area contributed by atoms with Gasteiger partial charge in [-0.1, -0.05) is 35.3 Å². The zero-order valence-corrected chi connectivity index (χ0v) is 19.7. The number of aromatic nitrogens is 2. The van der Waals surface area contributed by atoms with Crippen LogP contribution in [0.1, 0.15) is 56.0 Å². The lowest BCUT2D eigenvalue weighted by Gasteiger charge is -2.35. The van der Waals surface area contributed by atoms with Crippen molar-refractivity contribution in [2.75, 3.05) is 27.2 Å². The minimum absolute atomic E-state index is 0.0950. The lowest BCUT2D eigenvalue weighted by molar-refractivity contribution is 0.146. The van der Waals surface area contributed by atoms with Crippen LogP contribution in [0.25, 0.3) is 11.1 Å². The Kier molecular flexibility index (Phi) is 6.70. The van der Waals surface area contributed by atoms with Crippen LogP contribution in [0.5, 0.6) is 0 Å². The Balaban J connectivity index is 1.45. The Hall–Kier alpha value is -1.89. The predicted molar refractivity (Wildman–Crippen MR) is 125 cm³/mol. The van der Waals surface area contributed by atoms with E-state index < -0.39 is 0 Å². The van der Waals surface area contributed by atoms with Gasteiger partial charge in [0, 0.05) is 42.5 Å². The number of rotatable bonds is 5. The third-order valence-corrected chi connectivity index (χ3v) is 7.30. The molecule has 2 aliphatic rings. The maximum absolute atomic E-state index is 12.8. The minimum atomic E-state index is -0.270. The largest absolute Gasteiger partial charge is 0.331 e. The average molecular weight is 462 g/mol. The van der Waals surface area contributed by atoms with Crippen LogP contribution in [-0.4, -0.2) is 59.0 Å². The zero-order chi connectivity index (χ0) is 22.1. The molecule has 4 rings (SSSR count).